The van der Waals surface area contributed by atoms with E-state index in [1.54, 1.807) is 0 Å². The van der Waals surface area contributed by atoms with Crippen molar-refractivity contribution in [3.05, 3.63) is 74.0 Å². The van der Waals surface area contributed by atoms with Crippen LogP contribution in [0.1, 0.15) is 21.5 Å². The summed E-state index contributed by atoms with van der Waals surface area (Å²) in [6.07, 6.45) is -5.41. The van der Waals surface area contributed by atoms with Crippen LogP contribution in [0.25, 0.3) is 0 Å². The van der Waals surface area contributed by atoms with E-state index in [4.69, 9.17) is 11.6 Å². The Morgan fingerprint density at radius 1 is 1.17 bits per heavy atom. The van der Waals surface area contributed by atoms with E-state index < -0.39 is 34.7 Å². The molecule has 0 spiro atoms. The monoisotopic (exact) mass is 361 g/mol. The molecule has 0 N–H and O–H groups in total. The van der Waals surface area contributed by atoms with Crippen LogP contribution >= 0.6 is 11.6 Å². The lowest BCUT2D eigenvalue weighted by Gasteiger charge is -2.10. The molecule has 2 aromatic carbocycles. The summed E-state index contributed by atoms with van der Waals surface area (Å²) < 4.78 is 51.3. The summed E-state index contributed by atoms with van der Waals surface area (Å²) >= 11 is 5.81. The molecule has 0 aliphatic carbocycles. The Morgan fingerprint density at radius 3 is 2.42 bits per heavy atom. The molecule has 24 heavy (non-hydrogen) atoms. The predicted molar refractivity (Wildman–Crippen MR) is 77.5 cm³/mol. The fraction of sp³-hybridized carbons (Fsp3) is 0.133. The first-order valence-electron chi connectivity index (χ1n) is 6.42. The van der Waals surface area contributed by atoms with E-state index in [2.05, 4.69) is 0 Å². The topological polar surface area (TPSA) is 60.2 Å². The Morgan fingerprint density at radius 2 is 1.83 bits per heavy atom. The summed E-state index contributed by atoms with van der Waals surface area (Å²) in [5, 5.41) is 10.7. The van der Waals surface area contributed by atoms with Crippen molar-refractivity contribution >= 4 is 23.1 Å². The number of ketones is 1. The first-order chi connectivity index (χ1) is 11.1. The van der Waals surface area contributed by atoms with Crippen LogP contribution < -0.4 is 0 Å². The standard InChI is InChI=1S/C15H8ClF4NO3/c16-12-3-2-9(21(23)24)7-10(12)14(22)6-8-1-4-13(17)11(5-8)15(18,19)20/h1-5,7H,6H2. The number of hydrogen-bond acceptors (Lipinski definition) is 3. The van der Waals surface area contributed by atoms with E-state index in [1.807, 2.05) is 0 Å². The average molecular weight is 362 g/mol. The molecule has 126 valence electrons. The fourth-order valence-corrected chi connectivity index (χ4v) is 2.24. The molecular weight excluding hydrogens is 354 g/mol. The smallest absolute Gasteiger partial charge is 0.294 e. The summed E-state index contributed by atoms with van der Waals surface area (Å²) in [6, 6.07) is 5.36. The summed E-state index contributed by atoms with van der Waals surface area (Å²) in [5.74, 6) is -2.17. The highest BCUT2D eigenvalue weighted by molar-refractivity contribution is 6.34. The molecule has 0 fully saturated rings. The molecule has 0 saturated carbocycles. The molecule has 0 amide bonds. The number of carbonyl (C=O) groups excluding carboxylic acids is 1. The minimum Gasteiger partial charge on any atom is -0.294 e. The van der Waals surface area contributed by atoms with Crippen molar-refractivity contribution in [3.8, 4) is 0 Å². The number of halogens is 5. The van der Waals surface area contributed by atoms with Crippen molar-refractivity contribution in [1.29, 1.82) is 0 Å². The number of carbonyl (C=O) groups is 1. The molecule has 0 aliphatic heterocycles. The van der Waals surface area contributed by atoms with Gasteiger partial charge in [0.2, 0.25) is 0 Å². The maximum atomic E-state index is 13.2. The van der Waals surface area contributed by atoms with Gasteiger partial charge in [0.1, 0.15) is 5.82 Å². The van der Waals surface area contributed by atoms with Crippen LogP contribution in [0.3, 0.4) is 0 Å². The molecule has 0 aliphatic rings. The quantitative estimate of drug-likeness (QED) is 0.339. The van der Waals surface area contributed by atoms with Gasteiger partial charge < -0.3 is 0 Å². The van der Waals surface area contributed by atoms with E-state index >= 15 is 0 Å². The minimum absolute atomic E-state index is 0.0660. The fourth-order valence-electron chi connectivity index (χ4n) is 2.02. The lowest BCUT2D eigenvalue weighted by molar-refractivity contribution is -0.384. The number of alkyl halides is 3. The number of rotatable bonds is 4. The molecule has 0 aromatic heterocycles. The molecular formula is C15H8ClF4NO3. The van der Waals surface area contributed by atoms with Gasteiger partial charge in [-0.2, -0.15) is 13.2 Å². The lowest BCUT2D eigenvalue weighted by Crippen LogP contribution is -2.11. The van der Waals surface area contributed by atoms with Crippen LogP contribution in [0, 0.1) is 15.9 Å². The van der Waals surface area contributed by atoms with E-state index in [0.29, 0.717) is 12.1 Å². The van der Waals surface area contributed by atoms with Crippen molar-refractivity contribution < 1.29 is 27.3 Å². The van der Waals surface area contributed by atoms with Crippen LogP contribution in [0.4, 0.5) is 23.2 Å². The second-order valence-electron chi connectivity index (χ2n) is 4.83. The molecule has 0 atom stereocenters. The van der Waals surface area contributed by atoms with Crippen molar-refractivity contribution in [2.45, 2.75) is 12.6 Å². The highest BCUT2D eigenvalue weighted by Crippen LogP contribution is 2.32. The molecule has 0 radical (unpaired) electrons. The Hall–Kier alpha value is -2.48. The maximum Gasteiger partial charge on any atom is 0.419 e. The van der Waals surface area contributed by atoms with Gasteiger partial charge in [-0.1, -0.05) is 17.7 Å². The Balaban J connectivity index is 2.34. The number of non-ortho nitro benzene ring substituents is 1. The highest BCUT2D eigenvalue weighted by atomic mass is 35.5. The van der Waals surface area contributed by atoms with E-state index in [0.717, 1.165) is 24.3 Å². The lowest BCUT2D eigenvalue weighted by atomic mass is 10.0. The number of nitro benzene ring substituents is 1. The van der Waals surface area contributed by atoms with Crippen LogP contribution in [0.5, 0.6) is 0 Å². The zero-order valence-electron chi connectivity index (χ0n) is 11.7. The second kappa shape index (κ2) is 6.56. The zero-order valence-corrected chi connectivity index (χ0v) is 12.5. The number of benzene rings is 2. The third kappa shape index (κ3) is 3.88. The average Bonchev–Trinajstić information content (AvgIpc) is 2.48. The predicted octanol–water partition coefficient (Wildman–Crippen LogP) is 4.83. The van der Waals surface area contributed by atoms with E-state index in [1.165, 1.54) is 0 Å². The third-order valence-electron chi connectivity index (χ3n) is 3.16. The normalized spacial score (nSPS) is 11.4. The number of hydrogen-bond donors (Lipinski definition) is 0. The van der Waals surface area contributed by atoms with E-state index in [-0.39, 0.29) is 21.8 Å². The SMILES string of the molecule is O=C(Cc1ccc(F)c(C(F)(F)F)c1)c1cc([N+](=O)[O-])ccc1Cl. The van der Waals surface area contributed by atoms with E-state index in [9.17, 15) is 32.5 Å². The van der Waals surface area contributed by atoms with Gasteiger partial charge in [0.05, 0.1) is 15.5 Å². The van der Waals surface area contributed by atoms with Gasteiger partial charge in [0, 0.05) is 24.1 Å². The molecule has 0 heterocycles. The van der Waals surface area contributed by atoms with Gasteiger partial charge in [0.25, 0.3) is 5.69 Å². The third-order valence-corrected chi connectivity index (χ3v) is 3.49. The van der Waals surface area contributed by atoms with Crippen LogP contribution in [-0.4, -0.2) is 10.7 Å². The number of nitrogens with zero attached hydrogens (tertiary/aromatic N) is 1. The second-order valence-corrected chi connectivity index (χ2v) is 5.24. The van der Waals surface area contributed by atoms with Crippen molar-refractivity contribution in [1.82, 2.24) is 0 Å². The van der Waals surface area contributed by atoms with Crippen LogP contribution in [0.15, 0.2) is 36.4 Å². The highest BCUT2D eigenvalue weighted by Gasteiger charge is 2.34. The first kappa shape index (κ1) is 17.9. The minimum atomic E-state index is -4.90. The van der Waals surface area contributed by atoms with Gasteiger partial charge in [-0.25, -0.2) is 4.39 Å². The molecule has 0 bridgehead atoms. The van der Waals surface area contributed by atoms with Gasteiger partial charge >= 0.3 is 6.18 Å². The first-order valence-corrected chi connectivity index (χ1v) is 6.80. The maximum absolute atomic E-state index is 13.2. The molecule has 0 unspecified atom stereocenters. The summed E-state index contributed by atoms with van der Waals surface area (Å²) in [6.45, 7) is 0. The number of nitro groups is 1. The molecule has 2 rings (SSSR count). The zero-order chi connectivity index (χ0) is 18.1. The Kier molecular flexibility index (Phi) is 4.88. The summed E-state index contributed by atoms with van der Waals surface area (Å²) in [4.78, 5) is 22.2. The van der Waals surface area contributed by atoms with Gasteiger partial charge in [-0.15, -0.1) is 0 Å². The van der Waals surface area contributed by atoms with Gasteiger partial charge in [0.15, 0.2) is 5.78 Å². The summed E-state index contributed by atoms with van der Waals surface area (Å²) in [7, 11) is 0. The Labute approximate surface area is 137 Å². The van der Waals surface area contributed by atoms with Crippen LogP contribution in [-0.2, 0) is 12.6 Å². The van der Waals surface area contributed by atoms with Gasteiger partial charge in [-0.3, -0.25) is 14.9 Å². The number of Topliss-reactive ketones (excluding diaryl/α,β-unsaturated/α-hetero) is 1. The molecule has 2 aromatic rings. The molecule has 9 heteroatoms. The van der Waals surface area contributed by atoms with Crippen molar-refractivity contribution in [2.75, 3.05) is 0 Å². The largest absolute Gasteiger partial charge is 0.419 e. The van der Waals surface area contributed by atoms with Crippen LogP contribution in [0.2, 0.25) is 5.02 Å². The summed E-state index contributed by atoms with van der Waals surface area (Å²) in [5.41, 5.74) is -2.14. The molecule has 0 saturated heterocycles. The van der Waals surface area contributed by atoms with Crippen molar-refractivity contribution in [2.24, 2.45) is 0 Å². The Bertz CT molecular complexity index is 821. The molecule has 4 nitrogen and oxygen atoms in total. The van der Waals surface area contributed by atoms with Gasteiger partial charge in [-0.05, 0) is 23.8 Å². The van der Waals surface area contributed by atoms with Crippen molar-refractivity contribution in [3.63, 3.8) is 0 Å².